The van der Waals surface area contributed by atoms with Crippen molar-refractivity contribution in [1.29, 1.82) is 10.8 Å². The number of nitrogens with zero attached hydrogens (tertiary/aromatic N) is 1. The van der Waals surface area contributed by atoms with E-state index in [0.29, 0.717) is 39.1 Å². The number of phenols is 1. The fourth-order valence-electron chi connectivity index (χ4n) is 5.35. The molecule has 0 spiro atoms. The summed E-state index contributed by atoms with van der Waals surface area (Å²) in [4.78, 5) is 27.5. The van der Waals surface area contributed by atoms with Gasteiger partial charge in [-0.25, -0.2) is 0 Å². The van der Waals surface area contributed by atoms with Crippen molar-refractivity contribution >= 4 is 34.5 Å². The van der Waals surface area contributed by atoms with E-state index < -0.39 is 0 Å². The van der Waals surface area contributed by atoms with E-state index in [-0.39, 0.29) is 35.5 Å². The third kappa shape index (κ3) is 5.89. The van der Waals surface area contributed by atoms with Gasteiger partial charge in [0.2, 0.25) is 0 Å². The van der Waals surface area contributed by atoms with E-state index in [2.05, 4.69) is 16.0 Å². The Morgan fingerprint density at radius 3 is 2.47 bits per heavy atom. The number of aromatic hydroxyl groups is 1. The average molecular weight is 575 g/mol. The van der Waals surface area contributed by atoms with Gasteiger partial charge in [-0.15, -0.1) is 0 Å². The Balaban J connectivity index is 1.19. The summed E-state index contributed by atoms with van der Waals surface area (Å²) in [7, 11) is 0. The lowest BCUT2D eigenvalue weighted by atomic mass is 9.90. The Morgan fingerprint density at radius 1 is 0.907 bits per heavy atom. The zero-order valence-electron chi connectivity index (χ0n) is 23.2. The molecule has 10 nitrogen and oxygen atoms in total. The van der Waals surface area contributed by atoms with Crippen LogP contribution in [-0.4, -0.2) is 40.9 Å². The van der Waals surface area contributed by atoms with Crippen LogP contribution in [0.2, 0.25) is 0 Å². The molecule has 6 N–H and O–H groups in total. The fourth-order valence-corrected chi connectivity index (χ4v) is 5.35. The third-order valence-corrected chi connectivity index (χ3v) is 7.46. The number of rotatable bonds is 5. The molecule has 0 saturated carbocycles. The van der Waals surface area contributed by atoms with Gasteiger partial charge in [0.15, 0.2) is 17.3 Å². The van der Waals surface area contributed by atoms with Gasteiger partial charge in [0.05, 0.1) is 0 Å². The molecule has 3 aliphatic rings. The Labute approximate surface area is 247 Å². The molecule has 0 aromatic heterocycles. The van der Waals surface area contributed by atoms with Crippen molar-refractivity contribution in [2.75, 3.05) is 18.4 Å². The van der Waals surface area contributed by atoms with Crippen LogP contribution in [-0.2, 0) is 6.54 Å². The highest BCUT2D eigenvalue weighted by atomic mass is 16.3. The van der Waals surface area contributed by atoms with E-state index in [1.165, 1.54) is 18.2 Å². The smallest absolute Gasteiger partial charge is 0.252 e. The van der Waals surface area contributed by atoms with Crippen LogP contribution in [0.3, 0.4) is 0 Å². The normalized spacial score (nSPS) is 12.8. The second-order valence-electron chi connectivity index (χ2n) is 10.4. The molecule has 43 heavy (non-hydrogen) atoms. The number of carbonyl (C=O) groups excluding carboxylic acids is 1. The van der Waals surface area contributed by atoms with Crippen LogP contribution < -0.4 is 21.4 Å². The van der Waals surface area contributed by atoms with Gasteiger partial charge in [-0.2, -0.15) is 0 Å². The van der Waals surface area contributed by atoms with Crippen molar-refractivity contribution in [3.8, 4) is 28.2 Å². The Kier molecular flexibility index (Phi) is 7.48. The van der Waals surface area contributed by atoms with Crippen LogP contribution >= 0.6 is 0 Å². The summed E-state index contributed by atoms with van der Waals surface area (Å²) >= 11 is 0. The van der Waals surface area contributed by atoms with Gasteiger partial charge in [-0.3, -0.25) is 25.7 Å². The van der Waals surface area contributed by atoms with Gasteiger partial charge in [0.25, 0.3) is 5.91 Å². The SMILES string of the molecule is N=C(NC(=N)N1CCCC1)Nc1ccc(CNC(=O)c2ccccc2-c2c3ccc(=O)cc-3oc3cc(O)ccc23)cc1. The first kappa shape index (κ1) is 27.5. The van der Waals surface area contributed by atoms with Crippen LogP contribution in [0.25, 0.3) is 33.4 Å². The van der Waals surface area contributed by atoms with E-state index in [9.17, 15) is 14.7 Å². The minimum Gasteiger partial charge on any atom is -0.508 e. The number of nitrogens with one attached hydrogen (secondary N) is 5. The first-order valence-electron chi connectivity index (χ1n) is 14.0. The van der Waals surface area contributed by atoms with Crippen LogP contribution in [0.5, 0.6) is 5.75 Å². The molecule has 0 atom stereocenters. The topological polar surface area (TPSA) is 155 Å². The molecule has 10 heteroatoms. The molecule has 216 valence electrons. The van der Waals surface area contributed by atoms with Crippen molar-refractivity contribution in [3.63, 3.8) is 0 Å². The number of phenolic OH excluding ortho intramolecular Hbond substituents is 1. The summed E-state index contributed by atoms with van der Waals surface area (Å²) in [5, 5.41) is 35.7. The van der Waals surface area contributed by atoms with Gasteiger partial charge in [-0.1, -0.05) is 30.3 Å². The number of likely N-dealkylation sites (tertiary alicyclic amines) is 1. The van der Waals surface area contributed by atoms with Crippen LogP contribution in [0.1, 0.15) is 28.8 Å². The summed E-state index contributed by atoms with van der Waals surface area (Å²) in [6, 6.07) is 24.0. The Morgan fingerprint density at radius 2 is 1.67 bits per heavy atom. The summed E-state index contributed by atoms with van der Waals surface area (Å²) in [5.74, 6) is 0.353. The van der Waals surface area contributed by atoms with Gasteiger partial charge in [-0.05, 0) is 66.4 Å². The number of carbonyl (C=O) groups is 1. The Hall–Kier alpha value is -5.64. The zero-order chi connectivity index (χ0) is 29.9. The quantitative estimate of drug-likeness (QED) is 0.0962. The van der Waals surface area contributed by atoms with Crippen molar-refractivity contribution in [1.82, 2.24) is 15.5 Å². The molecule has 3 aromatic rings. The lowest BCUT2D eigenvalue weighted by molar-refractivity contribution is 0.0951. The summed E-state index contributed by atoms with van der Waals surface area (Å²) in [6.45, 7) is 1.93. The molecular weight excluding hydrogens is 544 g/mol. The molecule has 1 aliphatic carbocycles. The summed E-state index contributed by atoms with van der Waals surface area (Å²) < 4.78 is 5.96. The van der Waals surface area contributed by atoms with E-state index >= 15 is 0 Å². The lowest BCUT2D eigenvalue weighted by Crippen LogP contribution is -2.44. The molecule has 2 aliphatic heterocycles. The van der Waals surface area contributed by atoms with Crippen LogP contribution in [0.4, 0.5) is 5.69 Å². The van der Waals surface area contributed by atoms with Crippen molar-refractivity contribution in [2.45, 2.75) is 19.4 Å². The lowest BCUT2D eigenvalue weighted by Gasteiger charge is -2.20. The maximum absolute atomic E-state index is 13.5. The number of anilines is 1. The van der Waals surface area contributed by atoms with Gasteiger partial charge >= 0.3 is 0 Å². The number of hydrogen-bond acceptors (Lipinski definition) is 6. The minimum atomic E-state index is -0.273. The van der Waals surface area contributed by atoms with Gasteiger partial charge in [0.1, 0.15) is 17.1 Å². The van der Waals surface area contributed by atoms with Crippen molar-refractivity contribution < 1.29 is 14.3 Å². The predicted octanol–water partition coefficient (Wildman–Crippen LogP) is 5.17. The molecule has 6 rings (SSSR count). The average Bonchev–Trinajstić information content (AvgIpc) is 3.55. The van der Waals surface area contributed by atoms with E-state index in [1.54, 1.807) is 30.3 Å². The highest BCUT2D eigenvalue weighted by Gasteiger charge is 2.22. The molecule has 1 saturated heterocycles. The molecule has 0 radical (unpaired) electrons. The fraction of sp³-hybridized carbons (Fsp3) is 0.152. The molecule has 2 heterocycles. The standard InChI is InChI=1S/C33H30N6O4/c34-32(38-33(35)39-15-3-4-16-39)37-21-9-7-20(8-10-21)19-36-31(42)25-6-2-1-5-24(25)30-26-13-11-22(40)17-28(26)43-29-18-23(41)12-14-27(29)30/h1-2,5-14,17-18,40H,3-4,15-16,19H2,(H,36,42)(H4,34,35,37,38). The number of amides is 1. The molecule has 1 fully saturated rings. The predicted molar refractivity (Wildman–Crippen MR) is 167 cm³/mol. The monoisotopic (exact) mass is 574 g/mol. The van der Waals surface area contributed by atoms with E-state index in [1.807, 2.05) is 41.3 Å². The zero-order valence-corrected chi connectivity index (χ0v) is 23.2. The second kappa shape index (κ2) is 11.7. The molecule has 1 amide bonds. The molecule has 0 bridgehead atoms. The summed E-state index contributed by atoms with van der Waals surface area (Å²) in [5.41, 5.74) is 4.27. The third-order valence-electron chi connectivity index (χ3n) is 7.46. The van der Waals surface area contributed by atoms with Crippen LogP contribution in [0.15, 0.2) is 94.1 Å². The molecule has 3 aromatic carbocycles. The second-order valence-corrected chi connectivity index (χ2v) is 10.4. The van der Waals surface area contributed by atoms with Crippen LogP contribution in [0, 0.1) is 10.8 Å². The van der Waals surface area contributed by atoms with Gasteiger partial charge < -0.3 is 25.1 Å². The minimum absolute atomic E-state index is 0.0185. The van der Waals surface area contributed by atoms with Crippen molar-refractivity contribution in [2.24, 2.45) is 0 Å². The maximum Gasteiger partial charge on any atom is 0.252 e. The first-order chi connectivity index (χ1) is 20.9. The van der Waals surface area contributed by atoms with E-state index in [0.717, 1.165) is 37.1 Å². The summed E-state index contributed by atoms with van der Waals surface area (Å²) in [6.07, 6.45) is 2.11. The highest BCUT2D eigenvalue weighted by molar-refractivity contribution is 6.09. The molecule has 0 unspecified atom stereocenters. The highest BCUT2D eigenvalue weighted by Crippen LogP contribution is 2.41. The number of fused-ring (bicyclic) bond motifs is 2. The number of hydrogen-bond donors (Lipinski definition) is 6. The largest absolute Gasteiger partial charge is 0.508 e. The Bertz CT molecular complexity index is 1880. The van der Waals surface area contributed by atoms with E-state index in [4.69, 9.17) is 15.2 Å². The number of benzene rings is 4. The van der Waals surface area contributed by atoms with Crippen molar-refractivity contribution in [3.05, 3.63) is 106 Å². The molecular formula is C33H30N6O4. The first-order valence-corrected chi connectivity index (χ1v) is 14.0. The maximum atomic E-state index is 13.5. The van der Waals surface area contributed by atoms with Gasteiger partial charge in [0, 0.05) is 59.5 Å². The number of guanidine groups is 2.